The van der Waals surface area contributed by atoms with Gasteiger partial charge in [-0.2, -0.15) is 4.98 Å². The van der Waals surface area contributed by atoms with Crippen molar-refractivity contribution < 1.29 is 13.5 Å². The minimum absolute atomic E-state index is 0.260. The number of hydrogen-bond donors (Lipinski definition) is 1. The first-order valence-electron chi connectivity index (χ1n) is 8.58. The van der Waals surface area contributed by atoms with Crippen LogP contribution in [0.15, 0.2) is 36.5 Å². The predicted octanol–water partition coefficient (Wildman–Crippen LogP) is 2.94. The zero-order valence-electron chi connectivity index (χ0n) is 14.7. The third-order valence-electron chi connectivity index (χ3n) is 4.27. The Morgan fingerprint density at radius 1 is 1.27 bits per heavy atom. The highest BCUT2D eigenvalue weighted by atomic mass is 19.3. The number of rotatable bonds is 7. The van der Waals surface area contributed by atoms with E-state index in [1.165, 1.54) is 0 Å². The Hall–Kier alpha value is -2.48. The van der Waals surface area contributed by atoms with E-state index in [0.717, 1.165) is 31.6 Å². The van der Waals surface area contributed by atoms with E-state index in [0.29, 0.717) is 17.5 Å². The summed E-state index contributed by atoms with van der Waals surface area (Å²) < 4.78 is 33.6. The highest BCUT2D eigenvalue weighted by Crippen LogP contribution is 2.26. The Kier molecular flexibility index (Phi) is 5.51. The van der Waals surface area contributed by atoms with Crippen LogP contribution >= 0.6 is 0 Å². The van der Waals surface area contributed by atoms with Gasteiger partial charge in [0.05, 0.1) is 6.54 Å². The lowest BCUT2D eigenvalue weighted by atomic mass is 10.2. The van der Waals surface area contributed by atoms with Crippen LogP contribution in [-0.4, -0.2) is 54.1 Å². The van der Waals surface area contributed by atoms with E-state index in [1.54, 1.807) is 47.3 Å². The molecule has 2 N–H and O–H groups in total. The van der Waals surface area contributed by atoms with Crippen LogP contribution in [0.3, 0.4) is 0 Å². The second-order valence-electron chi connectivity index (χ2n) is 6.47. The minimum Gasteiger partial charge on any atom is -0.487 e. The molecular formula is C18H23F2N5O. The van der Waals surface area contributed by atoms with Crippen molar-refractivity contribution in [3.63, 3.8) is 0 Å². The van der Waals surface area contributed by atoms with E-state index in [-0.39, 0.29) is 6.54 Å². The van der Waals surface area contributed by atoms with Gasteiger partial charge in [0.1, 0.15) is 11.6 Å². The molecule has 0 amide bonds. The van der Waals surface area contributed by atoms with E-state index in [2.05, 4.69) is 9.97 Å². The number of ether oxygens (including phenoxy) is 1. The number of alkyl halides is 2. The molecule has 6 nitrogen and oxygen atoms in total. The molecule has 1 aromatic carbocycles. The number of anilines is 3. The highest BCUT2D eigenvalue weighted by Gasteiger charge is 2.33. The van der Waals surface area contributed by atoms with Crippen LogP contribution in [0, 0.1) is 0 Å². The Morgan fingerprint density at radius 2 is 2.04 bits per heavy atom. The highest BCUT2D eigenvalue weighted by molar-refractivity contribution is 5.59. The molecule has 0 spiro atoms. The van der Waals surface area contributed by atoms with Gasteiger partial charge in [-0.25, -0.2) is 13.8 Å². The van der Waals surface area contributed by atoms with Crippen LogP contribution in [0.2, 0.25) is 0 Å². The quantitative estimate of drug-likeness (QED) is 0.816. The maximum atomic E-state index is 14.1. The van der Waals surface area contributed by atoms with Gasteiger partial charge in [-0.05, 0) is 44.1 Å². The molecule has 1 aliphatic rings. The van der Waals surface area contributed by atoms with Crippen LogP contribution in [-0.2, 0) is 0 Å². The maximum absolute atomic E-state index is 14.1. The molecule has 0 saturated carbocycles. The van der Waals surface area contributed by atoms with Gasteiger partial charge < -0.3 is 15.4 Å². The number of nitrogens with two attached hydrogens (primary N) is 1. The monoisotopic (exact) mass is 363 g/mol. The second-order valence-corrected chi connectivity index (χ2v) is 6.47. The van der Waals surface area contributed by atoms with Crippen molar-refractivity contribution in [2.45, 2.75) is 18.8 Å². The largest absolute Gasteiger partial charge is 0.487 e. The average molecular weight is 363 g/mol. The predicted molar refractivity (Wildman–Crippen MR) is 97.1 cm³/mol. The molecule has 8 heteroatoms. The number of nitrogens with zero attached hydrogens (tertiary/aromatic N) is 4. The first-order valence-corrected chi connectivity index (χ1v) is 8.58. The Balaban J connectivity index is 1.63. The van der Waals surface area contributed by atoms with E-state index in [4.69, 9.17) is 10.5 Å². The lowest BCUT2D eigenvalue weighted by Gasteiger charge is -2.23. The molecule has 1 saturated heterocycles. The fraction of sp³-hybridized carbons (Fsp3) is 0.444. The number of hydrogen-bond acceptors (Lipinski definition) is 6. The fourth-order valence-corrected chi connectivity index (χ4v) is 2.92. The summed E-state index contributed by atoms with van der Waals surface area (Å²) in [5, 5.41) is 0. The standard InChI is InChI=1S/C18H23F2N5O/c1-24(17-22-8-7-16(21)23-17)14-5-4-6-15(11-14)26-13-18(19,20)12-25-9-2-3-10-25/h4-8,11H,2-3,9-10,12-13H2,1H3,(H2,21,22,23). The molecular weight excluding hydrogens is 340 g/mol. The third-order valence-corrected chi connectivity index (χ3v) is 4.27. The molecule has 0 unspecified atom stereocenters. The molecule has 0 radical (unpaired) electrons. The molecule has 2 heterocycles. The van der Waals surface area contributed by atoms with E-state index in [9.17, 15) is 8.78 Å². The van der Waals surface area contributed by atoms with Crippen molar-refractivity contribution in [1.82, 2.24) is 14.9 Å². The van der Waals surface area contributed by atoms with Crippen LogP contribution in [0.5, 0.6) is 5.75 Å². The van der Waals surface area contributed by atoms with Crippen LogP contribution < -0.4 is 15.4 Å². The van der Waals surface area contributed by atoms with E-state index < -0.39 is 12.5 Å². The minimum atomic E-state index is -2.89. The zero-order valence-corrected chi connectivity index (χ0v) is 14.7. The normalized spacial score (nSPS) is 15.2. The van der Waals surface area contributed by atoms with Gasteiger partial charge in [0, 0.05) is 25.0 Å². The number of aromatic nitrogens is 2. The third kappa shape index (κ3) is 4.78. The number of nitrogen functional groups attached to an aromatic ring is 1. The van der Waals surface area contributed by atoms with Gasteiger partial charge in [0.2, 0.25) is 5.95 Å². The molecule has 1 aromatic heterocycles. The van der Waals surface area contributed by atoms with Crippen LogP contribution in [0.4, 0.5) is 26.2 Å². The summed E-state index contributed by atoms with van der Waals surface area (Å²) in [6, 6.07) is 8.50. The Labute approximate surface area is 151 Å². The summed E-state index contributed by atoms with van der Waals surface area (Å²) in [5.74, 6) is -1.74. The van der Waals surface area contributed by atoms with Crippen molar-refractivity contribution in [3.8, 4) is 5.75 Å². The van der Waals surface area contributed by atoms with Gasteiger partial charge in [-0.15, -0.1) is 0 Å². The lowest BCUT2D eigenvalue weighted by Crippen LogP contribution is -2.39. The van der Waals surface area contributed by atoms with Gasteiger partial charge in [0.15, 0.2) is 6.61 Å². The molecule has 0 aliphatic carbocycles. The fourth-order valence-electron chi connectivity index (χ4n) is 2.92. The molecule has 2 aromatic rings. The SMILES string of the molecule is CN(c1cccc(OCC(F)(F)CN2CCCC2)c1)c1nccc(N)n1. The van der Waals surface area contributed by atoms with Crippen molar-refractivity contribution in [2.24, 2.45) is 0 Å². The first-order chi connectivity index (χ1) is 12.4. The molecule has 1 aliphatic heterocycles. The summed E-state index contributed by atoms with van der Waals surface area (Å²) in [7, 11) is 1.77. The average Bonchev–Trinajstić information content (AvgIpc) is 3.12. The number of likely N-dealkylation sites (tertiary alicyclic amines) is 1. The van der Waals surface area contributed by atoms with Crippen LogP contribution in [0.1, 0.15) is 12.8 Å². The molecule has 26 heavy (non-hydrogen) atoms. The van der Waals surface area contributed by atoms with E-state index in [1.807, 2.05) is 6.07 Å². The first kappa shape index (κ1) is 18.3. The number of benzene rings is 1. The second kappa shape index (κ2) is 7.82. The smallest absolute Gasteiger partial charge is 0.293 e. The Bertz CT molecular complexity index is 737. The molecule has 0 bridgehead atoms. The number of halogens is 2. The lowest BCUT2D eigenvalue weighted by molar-refractivity contribution is -0.0615. The van der Waals surface area contributed by atoms with Gasteiger partial charge in [0.25, 0.3) is 5.92 Å². The maximum Gasteiger partial charge on any atom is 0.293 e. The summed E-state index contributed by atoms with van der Waals surface area (Å²) >= 11 is 0. The van der Waals surface area contributed by atoms with E-state index >= 15 is 0 Å². The molecule has 1 fully saturated rings. The zero-order chi connectivity index (χ0) is 18.6. The van der Waals surface area contributed by atoms with Crippen LogP contribution in [0.25, 0.3) is 0 Å². The van der Waals surface area contributed by atoms with Gasteiger partial charge in [-0.3, -0.25) is 4.90 Å². The Morgan fingerprint density at radius 3 is 2.77 bits per heavy atom. The summed E-state index contributed by atoms with van der Waals surface area (Å²) in [5.41, 5.74) is 6.40. The molecule has 0 atom stereocenters. The topological polar surface area (TPSA) is 67.5 Å². The molecule has 140 valence electrons. The van der Waals surface area contributed by atoms with Crippen molar-refractivity contribution >= 4 is 17.5 Å². The van der Waals surface area contributed by atoms with Crippen molar-refractivity contribution in [1.29, 1.82) is 0 Å². The van der Waals surface area contributed by atoms with Gasteiger partial charge >= 0.3 is 0 Å². The van der Waals surface area contributed by atoms with Gasteiger partial charge in [-0.1, -0.05) is 6.07 Å². The summed E-state index contributed by atoms with van der Waals surface area (Å²) in [4.78, 5) is 11.8. The summed E-state index contributed by atoms with van der Waals surface area (Å²) in [6.45, 7) is 0.557. The summed E-state index contributed by atoms with van der Waals surface area (Å²) in [6.07, 6.45) is 3.53. The molecule has 3 rings (SSSR count). The van der Waals surface area contributed by atoms with Crippen molar-refractivity contribution in [2.75, 3.05) is 43.9 Å². The van der Waals surface area contributed by atoms with Crippen molar-refractivity contribution in [3.05, 3.63) is 36.5 Å².